The van der Waals surface area contributed by atoms with Gasteiger partial charge in [-0.25, -0.2) is 0 Å². The first kappa shape index (κ1) is 12.3. The van der Waals surface area contributed by atoms with Gasteiger partial charge in [-0.3, -0.25) is 0 Å². The molecule has 0 amide bonds. The first-order valence-corrected chi connectivity index (χ1v) is 6.69. The van der Waals surface area contributed by atoms with E-state index in [1.165, 1.54) is 16.7 Å². The molecule has 19 heavy (non-hydrogen) atoms. The van der Waals surface area contributed by atoms with Crippen LogP contribution in [0, 0.1) is 6.92 Å². The Labute approximate surface area is 113 Å². The monoisotopic (exact) mass is 257 g/mol. The third-order valence-corrected chi connectivity index (χ3v) is 3.71. The SMILES string of the molecule is CNC(c1ccc2c(c1)CC(C)O2)c1occc1C. The number of nitrogens with one attached hydrogen (secondary N) is 1. The van der Waals surface area contributed by atoms with Crippen molar-refractivity contribution in [2.45, 2.75) is 32.4 Å². The van der Waals surface area contributed by atoms with Crippen LogP contribution in [0.4, 0.5) is 0 Å². The number of fused-ring (bicyclic) bond motifs is 1. The maximum absolute atomic E-state index is 5.75. The van der Waals surface area contributed by atoms with Crippen LogP contribution in [0.3, 0.4) is 0 Å². The second-order valence-corrected chi connectivity index (χ2v) is 5.19. The van der Waals surface area contributed by atoms with Crippen molar-refractivity contribution in [2.75, 3.05) is 7.05 Å². The highest BCUT2D eigenvalue weighted by molar-refractivity contribution is 5.43. The third kappa shape index (κ3) is 2.15. The molecule has 1 N–H and O–H groups in total. The molecule has 1 aliphatic rings. The van der Waals surface area contributed by atoms with Crippen molar-refractivity contribution in [3.05, 3.63) is 53.0 Å². The lowest BCUT2D eigenvalue weighted by Gasteiger charge is -2.16. The fourth-order valence-corrected chi connectivity index (χ4v) is 2.75. The Balaban J connectivity index is 1.97. The lowest BCUT2D eigenvalue weighted by Crippen LogP contribution is -2.18. The van der Waals surface area contributed by atoms with E-state index in [1.54, 1.807) is 6.26 Å². The Morgan fingerprint density at radius 2 is 2.16 bits per heavy atom. The summed E-state index contributed by atoms with van der Waals surface area (Å²) >= 11 is 0. The maximum atomic E-state index is 5.75. The van der Waals surface area contributed by atoms with Crippen molar-refractivity contribution in [2.24, 2.45) is 0 Å². The van der Waals surface area contributed by atoms with Gasteiger partial charge in [0, 0.05) is 6.42 Å². The zero-order chi connectivity index (χ0) is 13.4. The normalized spacial score (nSPS) is 19.0. The van der Waals surface area contributed by atoms with Crippen LogP contribution in [0.15, 0.2) is 34.9 Å². The average molecular weight is 257 g/mol. The molecule has 100 valence electrons. The third-order valence-electron chi connectivity index (χ3n) is 3.71. The van der Waals surface area contributed by atoms with E-state index in [1.807, 2.05) is 13.1 Å². The summed E-state index contributed by atoms with van der Waals surface area (Å²) in [4.78, 5) is 0. The summed E-state index contributed by atoms with van der Waals surface area (Å²) in [6.45, 7) is 4.17. The Kier molecular flexibility index (Phi) is 3.07. The molecule has 0 radical (unpaired) electrons. The predicted octanol–water partition coefficient (Wildman–Crippen LogP) is 3.22. The van der Waals surface area contributed by atoms with Gasteiger partial charge in [0.2, 0.25) is 0 Å². The first-order chi connectivity index (χ1) is 9.19. The molecule has 0 spiro atoms. The predicted molar refractivity (Wildman–Crippen MR) is 74.6 cm³/mol. The first-order valence-electron chi connectivity index (χ1n) is 6.69. The fourth-order valence-electron chi connectivity index (χ4n) is 2.75. The molecule has 1 aromatic heterocycles. The van der Waals surface area contributed by atoms with Gasteiger partial charge in [0.25, 0.3) is 0 Å². The Hall–Kier alpha value is -1.74. The minimum atomic E-state index is 0.0937. The lowest BCUT2D eigenvalue weighted by molar-refractivity contribution is 0.254. The van der Waals surface area contributed by atoms with E-state index in [4.69, 9.17) is 9.15 Å². The van der Waals surface area contributed by atoms with E-state index in [-0.39, 0.29) is 12.1 Å². The minimum Gasteiger partial charge on any atom is -0.490 e. The van der Waals surface area contributed by atoms with Gasteiger partial charge < -0.3 is 14.5 Å². The van der Waals surface area contributed by atoms with Crippen molar-refractivity contribution in [3.63, 3.8) is 0 Å². The fraction of sp³-hybridized carbons (Fsp3) is 0.375. The van der Waals surface area contributed by atoms with Gasteiger partial charge in [0.15, 0.2) is 0 Å². The van der Waals surface area contributed by atoms with Crippen LogP contribution in [-0.4, -0.2) is 13.2 Å². The molecule has 1 aliphatic heterocycles. The Morgan fingerprint density at radius 1 is 1.32 bits per heavy atom. The summed E-state index contributed by atoms with van der Waals surface area (Å²) in [6.07, 6.45) is 3.01. The van der Waals surface area contributed by atoms with Gasteiger partial charge in [-0.1, -0.05) is 6.07 Å². The molecule has 2 aromatic rings. The van der Waals surface area contributed by atoms with Crippen LogP contribution >= 0.6 is 0 Å². The summed E-state index contributed by atoms with van der Waals surface area (Å²) in [6, 6.07) is 8.49. The van der Waals surface area contributed by atoms with Gasteiger partial charge in [-0.05, 0) is 55.8 Å². The molecule has 0 saturated heterocycles. The summed E-state index contributed by atoms with van der Waals surface area (Å²) in [5.41, 5.74) is 3.68. The maximum Gasteiger partial charge on any atom is 0.128 e. The van der Waals surface area contributed by atoms with Crippen LogP contribution < -0.4 is 10.1 Å². The number of rotatable bonds is 3. The van der Waals surface area contributed by atoms with Crippen LogP contribution in [0.2, 0.25) is 0 Å². The number of benzene rings is 1. The standard InChI is InChI=1S/C16H19NO2/c1-10-6-7-18-16(10)15(17-3)12-4-5-14-13(9-12)8-11(2)19-14/h4-7,9,11,15,17H,8H2,1-3H3. The van der Waals surface area contributed by atoms with E-state index in [2.05, 4.69) is 37.4 Å². The number of aryl methyl sites for hydroxylation is 1. The average Bonchev–Trinajstić information content (AvgIpc) is 2.95. The topological polar surface area (TPSA) is 34.4 Å². The molecule has 3 rings (SSSR count). The number of hydrogen-bond donors (Lipinski definition) is 1. The summed E-state index contributed by atoms with van der Waals surface area (Å²) in [7, 11) is 1.96. The van der Waals surface area contributed by atoms with Crippen molar-refractivity contribution in [1.29, 1.82) is 0 Å². The largest absolute Gasteiger partial charge is 0.490 e. The second kappa shape index (κ2) is 4.74. The molecule has 3 heteroatoms. The van der Waals surface area contributed by atoms with E-state index < -0.39 is 0 Å². The molecule has 1 aromatic carbocycles. The molecule has 0 fully saturated rings. The zero-order valence-corrected chi connectivity index (χ0v) is 11.6. The molecule has 0 bridgehead atoms. The summed E-state index contributed by atoms with van der Waals surface area (Å²) < 4.78 is 11.4. The highest BCUT2D eigenvalue weighted by Gasteiger charge is 2.23. The molecular weight excluding hydrogens is 238 g/mol. The van der Waals surface area contributed by atoms with Gasteiger partial charge in [0.05, 0.1) is 12.3 Å². The minimum absolute atomic E-state index is 0.0937. The van der Waals surface area contributed by atoms with Crippen molar-refractivity contribution in [3.8, 4) is 5.75 Å². The molecule has 2 unspecified atom stereocenters. The van der Waals surface area contributed by atoms with E-state index in [9.17, 15) is 0 Å². The van der Waals surface area contributed by atoms with Crippen molar-refractivity contribution >= 4 is 0 Å². The quantitative estimate of drug-likeness (QED) is 0.916. The van der Waals surface area contributed by atoms with Crippen LogP contribution in [0.25, 0.3) is 0 Å². The molecule has 2 heterocycles. The lowest BCUT2D eigenvalue weighted by atomic mass is 9.98. The van der Waals surface area contributed by atoms with Crippen LogP contribution in [-0.2, 0) is 6.42 Å². The van der Waals surface area contributed by atoms with Crippen LogP contribution in [0.5, 0.6) is 5.75 Å². The highest BCUT2D eigenvalue weighted by Crippen LogP contribution is 2.33. The van der Waals surface area contributed by atoms with E-state index in [0.717, 1.165) is 17.9 Å². The van der Waals surface area contributed by atoms with Gasteiger partial charge >= 0.3 is 0 Å². The molecule has 0 saturated carbocycles. The molecular formula is C16H19NO2. The van der Waals surface area contributed by atoms with Gasteiger partial charge in [-0.2, -0.15) is 0 Å². The van der Waals surface area contributed by atoms with Crippen LogP contribution in [0.1, 0.15) is 35.4 Å². The number of furan rings is 1. The molecule has 0 aliphatic carbocycles. The highest BCUT2D eigenvalue weighted by atomic mass is 16.5. The van der Waals surface area contributed by atoms with E-state index >= 15 is 0 Å². The second-order valence-electron chi connectivity index (χ2n) is 5.19. The van der Waals surface area contributed by atoms with Crippen molar-refractivity contribution < 1.29 is 9.15 Å². The Bertz CT molecular complexity index is 588. The zero-order valence-electron chi connectivity index (χ0n) is 11.6. The van der Waals surface area contributed by atoms with Gasteiger partial charge in [-0.15, -0.1) is 0 Å². The van der Waals surface area contributed by atoms with Gasteiger partial charge in [0.1, 0.15) is 17.6 Å². The van der Waals surface area contributed by atoms with Crippen molar-refractivity contribution in [1.82, 2.24) is 5.32 Å². The number of hydrogen-bond acceptors (Lipinski definition) is 3. The molecule has 2 atom stereocenters. The summed E-state index contributed by atoms with van der Waals surface area (Å²) in [5, 5.41) is 3.33. The Morgan fingerprint density at radius 3 is 2.84 bits per heavy atom. The number of ether oxygens (including phenoxy) is 1. The summed E-state index contributed by atoms with van der Waals surface area (Å²) in [5.74, 6) is 2.00. The molecule has 3 nitrogen and oxygen atoms in total. The smallest absolute Gasteiger partial charge is 0.128 e. The van der Waals surface area contributed by atoms with E-state index in [0.29, 0.717) is 0 Å².